The van der Waals surface area contributed by atoms with Crippen LogP contribution in [0.3, 0.4) is 0 Å². The zero-order valence-corrected chi connectivity index (χ0v) is 19.5. The average Bonchev–Trinajstić information content (AvgIpc) is 3.24. The van der Waals surface area contributed by atoms with Gasteiger partial charge in [-0.3, -0.25) is 4.79 Å². The first-order valence-corrected chi connectivity index (χ1v) is 12.9. The highest BCUT2D eigenvalue weighted by Gasteiger charge is 2.28. The van der Waals surface area contributed by atoms with Crippen molar-refractivity contribution in [3.63, 3.8) is 0 Å². The number of nitrogens with zero attached hydrogens (tertiary/aromatic N) is 1. The molecule has 0 bridgehead atoms. The molecule has 1 aromatic heterocycles. The first-order valence-electron chi connectivity index (χ1n) is 10.6. The summed E-state index contributed by atoms with van der Waals surface area (Å²) in [6.45, 7) is 2.56. The van der Waals surface area contributed by atoms with E-state index in [9.17, 15) is 18.0 Å². The molecule has 1 fully saturated rings. The number of nitrogens with one attached hydrogen (secondary N) is 1. The fourth-order valence-corrected chi connectivity index (χ4v) is 6.68. The first kappa shape index (κ1) is 22.9. The van der Waals surface area contributed by atoms with Gasteiger partial charge in [-0.25, -0.2) is 13.2 Å². The molecule has 1 aromatic carbocycles. The first-order chi connectivity index (χ1) is 15.3. The normalized spacial score (nSPS) is 16.9. The van der Waals surface area contributed by atoms with Crippen molar-refractivity contribution in [2.45, 2.75) is 37.5 Å². The van der Waals surface area contributed by atoms with Gasteiger partial charge in [-0.05, 0) is 61.9 Å². The molecular formula is C22H26N2O6S2. The van der Waals surface area contributed by atoms with Crippen molar-refractivity contribution in [3.05, 3.63) is 45.1 Å². The number of fused-ring (bicyclic) bond motifs is 1. The third-order valence-corrected chi connectivity index (χ3v) is 8.85. The zero-order chi connectivity index (χ0) is 22.7. The second-order valence-corrected chi connectivity index (χ2v) is 10.9. The molecule has 0 atom stereocenters. The van der Waals surface area contributed by atoms with Gasteiger partial charge in [0.2, 0.25) is 10.0 Å². The Labute approximate surface area is 191 Å². The SMILES string of the molecule is Cc1ccc(NC(=O)COC(=O)c2cc3c(s2)CCCC3)cc1S(=O)(=O)N1CCOCC1. The molecule has 1 aliphatic heterocycles. The van der Waals surface area contributed by atoms with Gasteiger partial charge in [0.05, 0.1) is 18.1 Å². The van der Waals surface area contributed by atoms with Gasteiger partial charge >= 0.3 is 5.97 Å². The van der Waals surface area contributed by atoms with Crippen molar-refractivity contribution in [3.8, 4) is 0 Å². The molecule has 1 amide bonds. The molecule has 0 radical (unpaired) electrons. The van der Waals surface area contributed by atoms with E-state index in [0.29, 0.717) is 42.4 Å². The van der Waals surface area contributed by atoms with Crippen molar-refractivity contribution in [1.29, 1.82) is 0 Å². The minimum absolute atomic E-state index is 0.137. The van der Waals surface area contributed by atoms with Crippen molar-refractivity contribution in [2.75, 3.05) is 38.2 Å². The van der Waals surface area contributed by atoms with E-state index in [4.69, 9.17) is 9.47 Å². The number of benzene rings is 1. The van der Waals surface area contributed by atoms with E-state index < -0.39 is 28.5 Å². The number of rotatable bonds is 6. The van der Waals surface area contributed by atoms with Gasteiger partial charge in [0.1, 0.15) is 4.88 Å². The smallest absolute Gasteiger partial charge is 0.348 e. The molecule has 10 heteroatoms. The van der Waals surface area contributed by atoms with Crippen LogP contribution in [-0.2, 0) is 37.1 Å². The number of carbonyl (C=O) groups excluding carboxylic acids is 2. The van der Waals surface area contributed by atoms with Crippen LogP contribution in [-0.4, -0.2) is 57.5 Å². The molecular weight excluding hydrogens is 452 g/mol. The highest BCUT2D eigenvalue weighted by atomic mass is 32.2. The second-order valence-electron chi connectivity index (χ2n) is 7.89. The van der Waals surface area contributed by atoms with Crippen LogP contribution in [0.1, 0.15) is 38.5 Å². The highest BCUT2D eigenvalue weighted by Crippen LogP contribution is 2.30. The lowest BCUT2D eigenvalue weighted by Gasteiger charge is -2.26. The molecule has 0 spiro atoms. The van der Waals surface area contributed by atoms with Gasteiger partial charge in [-0.15, -0.1) is 11.3 Å². The van der Waals surface area contributed by atoms with Gasteiger partial charge in [0, 0.05) is 23.7 Å². The molecule has 8 nitrogen and oxygen atoms in total. The molecule has 1 saturated heterocycles. The number of thiophene rings is 1. The van der Waals surface area contributed by atoms with Crippen LogP contribution in [0.25, 0.3) is 0 Å². The Bertz CT molecular complexity index is 1100. The standard InChI is InChI=1S/C22H26N2O6S2/c1-15-6-7-17(13-20(15)32(27,28)24-8-10-29-11-9-24)23-21(25)14-30-22(26)19-12-16-4-2-3-5-18(16)31-19/h6-7,12-13H,2-5,8-11,14H2,1H3,(H,23,25). The van der Waals surface area contributed by atoms with Gasteiger partial charge in [-0.1, -0.05) is 6.07 Å². The van der Waals surface area contributed by atoms with Crippen LogP contribution in [0.2, 0.25) is 0 Å². The van der Waals surface area contributed by atoms with E-state index in [-0.39, 0.29) is 4.90 Å². The highest BCUT2D eigenvalue weighted by molar-refractivity contribution is 7.89. The minimum Gasteiger partial charge on any atom is -0.451 e. The number of esters is 1. The topological polar surface area (TPSA) is 102 Å². The lowest BCUT2D eigenvalue weighted by Crippen LogP contribution is -2.40. The van der Waals surface area contributed by atoms with Crippen molar-refractivity contribution in [2.24, 2.45) is 0 Å². The Morgan fingerprint density at radius 3 is 2.66 bits per heavy atom. The van der Waals surface area contributed by atoms with Gasteiger partial charge in [0.25, 0.3) is 5.91 Å². The van der Waals surface area contributed by atoms with Crippen LogP contribution >= 0.6 is 11.3 Å². The van der Waals surface area contributed by atoms with E-state index >= 15 is 0 Å². The summed E-state index contributed by atoms with van der Waals surface area (Å²) in [4.78, 5) is 26.5. The Morgan fingerprint density at radius 1 is 1.16 bits per heavy atom. The van der Waals surface area contributed by atoms with E-state index in [1.807, 2.05) is 6.07 Å². The van der Waals surface area contributed by atoms with Crippen molar-refractivity contribution >= 4 is 38.9 Å². The number of aryl methyl sites for hydroxylation is 3. The predicted octanol–water partition coefficient (Wildman–Crippen LogP) is 2.75. The Balaban J connectivity index is 1.38. The quantitative estimate of drug-likeness (QED) is 0.641. The Hall–Kier alpha value is -2.27. The Morgan fingerprint density at radius 2 is 1.91 bits per heavy atom. The second kappa shape index (κ2) is 9.70. The number of amides is 1. The maximum atomic E-state index is 13.0. The molecule has 4 rings (SSSR count). The van der Waals surface area contributed by atoms with Crippen molar-refractivity contribution < 1.29 is 27.5 Å². The summed E-state index contributed by atoms with van der Waals surface area (Å²) in [5.74, 6) is -1.04. The molecule has 2 aromatic rings. The monoisotopic (exact) mass is 478 g/mol. The summed E-state index contributed by atoms with van der Waals surface area (Å²) in [5.41, 5.74) is 2.11. The summed E-state index contributed by atoms with van der Waals surface area (Å²) < 4.78 is 37.8. The molecule has 32 heavy (non-hydrogen) atoms. The minimum atomic E-state index is -3.70. The van der Waals surface area contributed by atoms with Crippen molar-refractivity contribution in [1.82, 2.24) is 4.31 Å². The molecule has 1 aliphatic carbocycles. The van der Waals surface area contributed by atoms with E-state index in [2.05, 4.69) is 5.32 Å². The molecule has 0 saturated carbocycles. The van der Waals surface area contributed by atoms with Gasteiger partial charge in [0.15, 0.2) is 6.61 Å². The van der Waals surface area contributed by atoms with Crippen LogP contribution in [0.15, 0.2) is 29.2 Å². The van der Waals surface area contributed by atoms with E-state index in [0.717, 1.165) is 25.7 Å². The lowest BCUT2D eigenvalue weighted by atomic mass is 9.99. The number of carbonyl (C=O) groups is 2. The Kier molecular flexibility index (Phi) is 6.94. The van der Waals surface area contributed by atoms with Crippen LogP contribution in [0.4, 0.5) is 5.69 Å². The fourth-order valence-electron chi connectivity index (χ4n) is 3.87. The van der Waals surface area contributed by atoms with Gasteiger partial charge < -0.3 is 14.8 Å². The van der Waals surface area contributed by atoms with Crippen LogP contribution in [0.5, 0.6) is 0 Å². The molecule has 0 unspecified atom stereocenters. The zero-order valence-electron chi connectivity index (χ0n) is 17.9. The summed E-state index contributed by atoms with van der Waals surface area (Å²) in [5, 5.41) is 2.62. The summed E-state index contributed by atoms with van der Waals surface area (Å²) in [6.07, 6.45) is 4.21. The number of anilines is 1. The number of ether oxygens (including phenoxy) is 2. The lowest BCUT2D eigenvalue weighted by molar-refractivity contribution is -0.119. The molecule has 172 valence electrons. The maximum absolute atomic E-state index is 13.0. The predicted molar refractivity (Wildman–Crippen MR) is 121 cm³/mol. The average molecular weight is 479 g/mol. The third kappa shape index (κ3) is 5.03. The van der Waals surface area contributed by atoms with Gasteiger partial charge in [-0.2, -0.15) is 4.31 Å². The molecule has 1 N–H and O–H groups in total. The van der Waals surface area contributed by atoms with Crippen LogP contribution < -0.4 is 5.32 Å². The number of hydrogen-bond donors (Lipinski definition) is 1. The summed E-state index contributed by atoms with van der Waals surface area (Å²) in [7, 11) is -3.70. The largest absolute Gasteiger partial charge is 0.451 e. The number of sulfonamides is 1. The molecule has 2 heterocycles. The third-order valence-electron chi connectivity index (χ3n) is 5.59. The summed E-state index contributed by atoms with van der Waals surface area (Å²) >= 11 is 1.43. The number of morpholine rings is 1. The van der Waals surface area contributed by atoms with E-state index in [1.165, 1.54) is 32.1 Å². The summed E-state index contributed by atoms with van der Waals surface area (Å²) in [6, 6.07) is 6.57. The fraction of sp³-hybridized carbons (Fsp3) is 0.455. The van der Waals surface area contributed by atoms with E-state index in [1.54, 1.807) is 19.1 Å². The number of hydrogen-bond acceptors (Lipinski definition) is 7. The van der Waals surface area contributed by atoms with Crippen LogP contribution in [0, 0.1) is 6.92 Å². The maximum Gasteiger partial charge on any atom is 0.348 e. The molecule has 2 aliphatic rings.